The Morgan fingerprint density at radius 2 is 0.946 bits per heavy atom. The van der Waals surface area contributed by atoms with E-state index in [2.05, 4.69) is 124 Å². The molecule has 0 spiro atoms. The standard InChI is InChI=1S/C35H36N2/c1-34(2)25-18-9-11-20-27(25)36(5)32(34)30-23-16-7-8-17-24(23)31(29(30)22-14-13-15-22)33-35(3,4)26-19-10-12-21-28(26)37(33)6/h7-12,16-21H,13-15H2,1-6H3/b32-30+,33-31+. The molecule has 1 saturated carbocycles. The van der Waals surface area contributed by atoms with Crippen LogP contribution in [-0.4, -0.2) is 14.1 Å². The van der Waals surface area contributed by atoms with Crippen molar-refractivity contribution < 1.29 is 0 Å². The number of anilines is 2. The fourth-order valence-corrected chi connectivity index (χ4v) is 7.65. The van der Waals surface area contributed by atoms with Crippen LogP contribution in [0.25, 0.3) is 11.1 Å². The van der Waals surface area contributed by atoms with E-state index < -0.39 is 0 Å². The monoisotopic (exact) mass is 484 g/mol. The van der Waals surface area contributed by atoms with Crippen LogP contribution < -0.4 is 9.80 Å². The Kier molecular flexibility index (Phi) is 4.60. The SMILES string of the molecule is CN1/C(=C2/C(=C3CCC3)/C(=C3/N(C)c4ccccc4C3(C)C)c3ccccc32)C(C)(C)c2ccccc21. The summed E-state index contributed by atoms with van der Waals surface area (Å²) in [5, 5.41) is 0. The van der Waals surface area contributed by atoms with Gasteiger partial charge < -0.3 is 9.80 Å². The van der Waals surface area contributed by atoms with Crippen LogP contribution in [0.1, 0.15) is 69.2 Å². The van der Waals surface area contributed by atoms with Crippen LogP contribution in [0.5, 0.6) is 0 Å². The summed E-state index contributed by atoms with van der Waals surface area (Å²) in [6.07, 6.45) is 3.69. The highest BCUT2D eigenvalue weighted by atomic mass is 15.2. The molecule has 3 aromatic carbocycles. The number of para-hydroxylation sites is 2. The molecule has 1 fully saturated rings. The molecular formula is C35H36N2. The second-order valence-corrected chi connectivity index (χ2v) is 12.2. The highest BCUT2D eigenvalue weighted by Gasteiger charge is 2.48. The normalized spacial score (nSPS) is 24.8. The minimum atomic E-state index is -0.0798. The predicted molar refractivity (Wildman–Crippen MR) is 157 cm³/mol. The zero-order chi connectivity index (χ0) is 25.7. The van der Waals surface area contributed by atoms with E-state index in [0.717, 1.165) is 0 Å². The molecule has 2 heterocycles. The van der Waals surface area contributed by atoms with Gasteiger partial charge in [-0.15, -0.1) is 0 Å². The van der Waals surface area contributed by atoms with Crippen LogP contribution in [-0.2, 0) is 10.8 Å². The van der Waals surface area contributed by atoms with Crippen molar-refractivity contribution in [1.82, 2.24) is 0 Å². The fraction of sp³-hybridized carbons (Fsp3) is 0.314. The molecule has 0 saturated heterocycles. The number of nitrogens with zero attached hydrogens (tertiary/aromatic N) is 2. The van der Waals surface area contributed by atoms with Crippen LogP contribution in [0.3, 0.4) is 0 Å². The fourth-order valence-electron chi connectivity index (χ4n) is 7.65. The maximum atomic E-state index is 2.48. The van der Waals surface area contributed by atoms with Crippen molar-refractivity contribution in [3.8, 4) is 0 Å². The Morgan fingerprint density at radius 1 is 0.541 bits per heavy atom. The van der Waals surface area contributed by atoms with Crippen LogP contribution in [0.2, 0.25) is 0 Å². The molecule has 2 nitrogen and oxygen atoms in total. The smallest absolute Gasteiger partial charge is 0.0448 e. The number of likely N-dealkylation sites (N-methyl/N-ethyl adjacent to an activating group) is 2. The summed E-state index contributed by atoms with van der Waals surface area (Å²) >= 11 is 0. The van der Waals surface area contributed by atoms with Crippen LogP contribution in [0.4, 0.5) is 11.4 Å². The summed E-state index contributed by atoms with van der Waals surface area (Å²) in [7, 11) is 4.54. The van der Waals surface area contributed by atoms with Gasteiger partial charge in [-0.1, -0.05) is 93.9 Å². The van der Waals surface area contributed by atoms with Crippen molar-refractivity contribution >= 4 is 22.5 Å². The van der Waals surface area contributed by atoms with Crippen LogP contribution in [0.15, 0.2) is 95.3 Å². The predicted octanol–water partition coefficient (Wildman–Crippen LogP) is 8.46. The Labute approximate surface area is 221 Å². The molecule has 2 heteroatoms. The summed E-state index contributed by atoms with van der Waals surface area (Å²) < 4.78 is 0. The van der Waals surface area contributed by atoms with Crippen molar-refractivity contribution in [2.24, 2.45) is 0 Å². The number of rotatable bonds is 0. The zero-order valence-corrected chi connectivity index (χ0v) is 22.9. The second kappa shape index (κ2) is 7.51. The molecule has 7 rings (SSSR count). The van der Waals surface area contributed by atoms with E-state index in [1.54, 1.807) is 5.57 Å². The lowest BCUT2D eigenvalue weighted by Crippen LogP contribution is -2.26. The molecule has 0 unspecified atom stereocenters. The summed E-state index contributed by atoms with van der Waals surface area (Å²) in [5.41, 5.74) is 17.0. The lowest BCUT2D eigenvalue weighted by atomic mass is 9.76. The minimum absolute atomic E-state index is 0.0798. The number of fused-ring (bicyclic) bond motifs is 3. The van der Waals surface area contributed by atoms with Gasteiger partial charge in [-0.2, -0.15) is 0 Å². The molecule has 2 aliphatic heterocycles. The first-order valence-corrected chi connectivity index (χ1v) is 13.7. The molecular weight excluding hydrogens is 448 g/mol. The van der Waals surface area contributed by atoms with Crippen molar-refractivity contribution in [2.75, 3.05) is 23.9 Å². The Morgan fingerprint density at radius 3 is 1.32 bits per heavy atom. The van der Waals surface area contributed by atoms with Gasteiger partial charge in [0.05, 0.1) is 0 Å². The number of benzene rings is 3. The average molecular weight is 485 g/mol. The Bertz CT molecular complexity index is 1460. The molecule has 2 aliphatic carbocycles. The van der Waals surface area contributed by atoms with Crippen molar-refractivity contribution in [2.45, 2.75) is 57.8 Å². The maximum Gasteiger partial charge on any atom is 0.0448 e. The van der Waals surface area contributed by atoms with E-state index in [-0.39, 0.29) is 10.8 Å². The van der Waals surface area contributed by atoms with Gasteiger partial charge in [-0.3, -0.25) is 0 Å². The van der Waals surface area contributed by atoms with Gasteiger partial charge in [0.2, 0.25) is 0 Å². The number of allylic oxidation sites excluding steroid dienone is 6. The number of hydrogen-bond donors (Lipinski definition) is 0. The van der Waals surface area contributed by atoms with Crippen molar-refractivity contribution in [3.63, 3.8) is 0 Å². The van der Waals surface area contributed by atoms with Crippen LogP contribution in [0, 0.1) is 0 Å². The van der Waals surface area contributed by atoms with Gasteiger partial charge in [0, 0.05) is 58.8 Å². The first-order valence-electron chi connectivity index (χ1n) is 13.7. The van der Waals surface area contributed by atoms with E-state index in [1.165, 1.54) is 81.0 Å². The third-order valence-electron chi connectivity index (χ3n) is 9.48. The quantitative estimate of drug-likeness (QED) is 0.316. The van der Waals surface area contributed by atoms with Gasteiger partial charge in [0.1, 0.15) is 0 Å². The van der Waals surface area contributed by atoms with E-state index in [9.17, 15) is 0 Å². The molecule has 0 atom stereocenters. The average Bonchev–Trinajstić information content (AvgIpc) is 3.34. The Balaban J connectivity index is 1.60. The molecule has 0 amide bonds. The molecule has 3 aromatic rings. The summed E-state index contributed by atoms with van der Waals surface area (Å²) in [6.45, 7) is 9.65. The van der Waals surface area contributed by atoms with E-state index >= 15 is 0 Å². The lowest BCUT2D eigenvalue weighted by Gasteiger charge is -2.32. The molecule has 0 aromatic heterocycles. The molecule has 37 heavy (non-hydrogen) atoms. The highest BCUT2D eigenvalue weighted by Crippen LogP contribution is 2.61. The molecule has 186 valence electrons. The Hall–Kier alpha value is -3.52. The maximum absolute atomic E-state index is 2.48. The summed E-state index contributed by atoms with van der Waals surface area (Å²) in [6, 6.07) is 27.1. The van der Waals surface area contributed by atoms with Gasteiger partial charge in [-0.05, 0) is 59.2 Å². The van der Waals surface area contributed by atoms with Gasteiger partial charge in [-0.25, -0.2) is 0 Å². The number of hydrogen-bond acceptors (Lipinski definition) is 2. The lowest BCUT2D eigenvalue weighted by molar-refractivity contribution is 0.636. The van der Waals surface area contributed by atoms with E-state index in [1.807, 2.05) is 0 Å². The molecule has 0 bridgehead atoms. The molecule has 0 N–H and O–H groups in total. The first kappa shape index (κ1) is 22.7. The summed E-state index contributed by atoms with van der Waals surface area (Å²) in [4.78, 5) is 4.96. The van der Waals surface area contributed by atoms with Gasteiger partial charge in [0.25, 0.3) is 0 Å². The van der Waals surface area contributed by atoms with Crippen molar-refractivity contribution in [3.05, 3.63) is 118 Å². The minimum Gasteiger partial charge on any atom is -0.346 e. The molecule has 0 radical (unpaired) electrons. The van der Waals surface area contributed by atoms with Crippen molar-refractivity contribution in [1.29, 1.82) is 0 Å². The zero-order valence-electron chi connectivity index (χ0n) is 22.9. The van der Waals surface area contributed by atoms with Gasteiger partial charge >= 0.3 is 0 Å². The van der Waals surface area contributed by atoms with Crippen LogP contribution >= 0.6 is 0 Å². The van der Waals surface area contributed by atoms with Gasteiger partial charge in [0.15, 0.2) is 0 Å². The largest absolute Gasteiger partial charge is 0.346 e. The third-order valence-corrected chi connectivity index (χ3v) is 9.48. The topological polar surface area (TPSA) is 6.48 Å². The highest BCUT2D eigenvalue weighted by molar-refractivity contribution is 6.13. The third kappa shape index (κ3) is 2.82. The second-order valence-electron chi connectivity index (χ2n) is 12.2. The van der Waals surface area contributed by atoms with E-state index in [0.29, 0.717) is 0 Å². The first-order chi connectivity index (χ1) is 17.7. The molecule has 4 aliphatic rings. The van der Waals surface area contributed by atoms with E-state index in [4.69, 9.17) is 0 Å². The summed E-state index contributed by atoms with van der Waals surface area (Å²) in [5.74, 6) is 0.